The zero-order chi connectivity index (χ0) is 24.2. The summed E-state index contributed by atoms with van der Waals surface area (Å²) < 4.78 is 18.0. The van der Waals surface area contributed by atoms with E-state index in [2.05, 4.69) is 5.32 Å². The maximum absolute atomic E-state index is 13.3. The van der Waals surface area contributed by atoms with Crippen molar-refractivity contribution in [3.63, 3.8) is 0 Å². The number of nitrogens with zero attached hydrogens (tertiary/aromatic N) is 1. The Morgan fingerprint density at radius 2 is 1.59 bits per heavy atom. The summed E-state index contributed by atoms with van der Waals surface area (Å²) in [5.41, 5.74) is 1.49. The second-order valence-corrected chi connectivity index (χ2v) is 8.03. The molecule has 3 amide bonds. The summed E-state index contributed by atoms with van der Waals surface area (Å²) in [6.07, 6.45) is 0.162. The van der Waals surface area contributed by atoms with Gasteiger partial charge in [0.2, 0.25) is 5.91 Å². The maximum Gasteiger partial charge on any atom is 0.307 e. The van der Waals surface area contributed by atoms with Crippen LogP contribution < -0.4 is 5.32 Å². The van der Waals surface area contributed by atoms with Crippen LogP contribution in [-0.4, -0.2) is 42.2 Å². The Balaban J connectivity index is 1.41. The van der Waals surface area contributed by atoms with Crippen LogP contribution in [0.25, 0.3) is 10.8 Å². The van der Waals surface area contributed by atoms with Gasteiger partial charge < -0.3 is 10.1 Å². The van der Waals surface area contributed by atoms with Gasteiger partial charge in [0.1, 0.15) is 5.82 Å². The molecule has 174 valence electrons. The molecule has 0 aromatic heterocycles. The van der Waals surface area contributed by atoms with Crippen LogP contribution in [-0.2, 0) is 14.3 Å². The molecule has 0 aliphatic carbocycles. The Morgan fingerprint density at radius 3 is 2.18 bits per heavy atom. The number of benzene rings is 3. The van der Waals surface area contributed by atoms with Gasteiger partial charge >= 0.3 is 5.97 Å². The highest BCUT2D eigenvalue weighted by Crippen LogP contribution is 2.30. The predicted molar refractivity (Wildman–Crippen MR) is 122 cm³/mol. The minimum atomic E-state index is -0.691. The zero-order valence-electron chi connectivity index (χ0n) is 18.5. The van der Waals surface area contributed by atoms with Gasteiger partial charge in [-0.2, -0.15) is 0 Å². The molecule has 1 atom stereocenters. The summed E-state index contributed by atoms with van der Waals surface area (Å²) in [6.45, 7) is 0.0774. The van der Waals surface area contributed by atoms with Crippen LogP contribution in [0.5, 0.6) is 0 Å². The van der Waals surface area contributed by atoms with E-state index >= 15 is 0 Å². The number of hydrogen-bond acceptors (Lipinski definition) is 5. The highest BCUT2D eigenvalue weighted by Gasteiger charge is 2.32. The van der Waals surface area contributed by atoms with Gasteiger partial charge in [0.15, 0.2) is 0 Å². The van der Waals surface area contributed by atoms with Gasteiger partial charge in [-0.15, -0.1) is 0 Å². The number of rotatable bonds is 8. The van der Waals surface area contributed by atoms with Crippen LogP contribution in [0.2, 0.25) is 0 Å². The smallest absolute Gasteiger partial charge is 0.307 e. The first kappa shape index (κ1) is 23.1. The molecule has 0 spiro atoms. The quantitative estimate of drug-likeness (QED) is 0.406. The summed E-state index contributed by atoms with van der Waals surface area (Å²) in [7, 11) is 1.25. The SMILES string of the molecule is COC(=O)CC(NC(=O)CCCN1C(=O)c2cccc3cccc(c23)C1=O)c1ccc(F)cc1. The molecule has 8 heteroatoms. The molecule has 3 aromatic rings. The van der Waals surface area contributed by atoms with Gasteiger partial charge in [-0.1, -0.05) is 36.4 Å². The third-order valence-electron chi connectivity index (χ3n) is 5.85. The molecule has 1 unspecified atom stereocenters. The Bertz CT molecular complexity index is 1220. The van der Waals surface area contributed by atoms with Crippen molar-refractivity contribution in [3.05, 3.63) is 83.2 Å². The van der Waals surface area contributed by atoms with Crippen LogP contribution in [0.3, 0.4) is 0 Å². The highest BCUT2D eigenvalue weighted by molar-refractivity contribution is 6.25. The molecule has 7 nitrogen and oxygen atoms in total. The normalized spacial score (nSPS) is 13.6. The third-order valence-corrected chi connectivity index (χ3v) is 5.85. The Morgan fingerprint density at radius 1 is 0.971 bits per heavy atom. The van der Waals surface area contributed by atoms with Crippen molar-refractivity contribution in [2.24, 2.45) is 0 Å². The minimum absolute atomic E-state index is 0.0295. The molecule has 1 aliphatic heterocycles. The number of methoxy groups -OCH3 is 1. The van der Waals surface area contributed by atoms with E-state index in [-0.39, 0.29) is 43.5 Å². The molecule has 0 radical (unpaired) electrons. The third kappa shape index (κ3) is 4.66. The molecule has 4 rings (SSSR count). The topological polar surface area (TPSA) is 92.8 Å². The van der Waals surface area contributed by atoms with Crippen molar-refractivity contribution in [2.75, 3.05) is 13.7 Å². The van der Waals surface area contributed by atoms with Crippen molar-refractivity contribution in [3.8, 4) is 0 Å². The van der Waals surface area contributed by atoms with Gasteiger partial charge in [0, 0.05) is 29.5 Å². The van der Waals surface area contributed by atoms with E-state index in [1.54, 1.807) is 24.3 Å². The number of carbonyl (C=O) groups is 4. The fraction of sp³-hybridized carbons (Fsp3) is 0.231. The van der Waals surface area contributed by atoms with E-state index in [4.69, 9.17) is 4.74 Å². The molecule has 0 saturated heterocycles. The lowest BCUT2D eigenvalue weighted by Crippen LogP contribution is -2.41. The predicted octanol–water partition coefficient (Wildman–Crippen LogP) is 3.78. The zero-order valence-corrected chi connectivity index (χ0v) is 18.5. The Labute approximate surface area is 195 Å². The molecule has 0 saturated carbocycles. The summed E-state index contributed by atoms with van der Waals surface area (Å²) in [5.74, 6) is -2.08. The van der Waals surface area contributed by atoms with E-state index in [1.807, 2.05) is 12.1 Å². The summed E-state index contributed by atoms with van der Waals surface area (Å²) >= 11 is 0. The lowest BCUT2D eigenvalue weighted by atomic mass is 9.94. The van der Waals surface area contributed by atoms with Crippen molar-refractivity contribution >= 4 is 34.5 Å². The number of ether oxygens (including phenoxy) is 1. The number of nitrogens with one attached hydrogen (secondary N) is 1. The van der Waals surface area contributed by atoms with Gasteiger partial charge in [0.05, 0.1) is 19.6 Å². The number of esters is 1. The largest absolute Gasteiger partial charge is 0.469 e. The van der Waals surface area contributed by atoms with Crippen LogP contribution in [0.1, 0.15) is 51.6 Å². The first-order valence-electron chi connectivity index (χ1n) is 10.9. The molecule has 1 aliphatic rings. The minimum Gasteiger partial charge on any atom is -0.469 e. The molecule has 0 fully saturated rings. The highest BCUT2D eigenvalue weighted by atomic mass is 19.1. The average molecular weight is 462 g/mol. The second-order valence-electron chi connectivity index (χ2n) is 8.03. The first-order chi connectivity index (χ1) is 16.4. The summed E-state index contributed by atoms with van der Waals surface area (Å²) in [6, 6.07) is 15.4. The van der Waals surface area contributed by atoms with Crippen molar-refractivity contribution in [2.45, 2.75) is 25.3 Å². The lowest BCUT2D eigenvalue weighted by molar-refractivity contribution is -0.141. The molecule has 3 aromatic carbocycles. The standard InChI is InChI=1S/C26H23FN2O5/c1-34-23(31)15-21(16-10-12-18(27)13-11-16)28-22(30)9-4-14-29-25(32)19-7-2-5-17-6-3-8-20(24(17)19)26(29)33/h2-3,5-8,10-13,21H,4,9,14-15H2,1H3,(H,28,30). The number of amides is 3. The maximum atomic E-state index is 13.3. The Kier molecular flexibility index (Phi) is 6.67. The van der Waals surface area contributed by atoms with Gasteiger partial charge in [-0.3, -0.25) is 24.1 Å². The molecule has 34 heavy (non-hydrogen) atoms. The number of imide groups is 1. The second kappa shape index (κ2) is 9.82. The van der Waals surface area contributed by atoms with Crippen LogP contribution >= 0.6 is 0 Å². The van der Waals surface area contributed by atoms with Crippen molar-refractivity contribution in [1.82, 2.24) is 10.2 Å². The summed E-state index contributed by atoms with van der Waals surface area (Å²) in [5, 5.41) is 4.24. The lowest BCUT2D eigenvalue weighted by Gasteiger charge is -2.27. The number of halogens is 1. The fourth-order valence-corrected chi connectivity index (χ4v) is 4.15. The molecular weight excluding hydrogens is 439 g/mol. The number of hydrogen-bond donors (Lipinski definition) is 1. The van der Waals surface area contributed by atoms with Crippen molar-refractivity contribution < 1.29 is 28.3 Å². The van der Waals surface area contributed by atoms with Crippen LogP contribution in [0.15, 0.2) is 60.7 Å². The van der Waals surface area contributed by atoms with Crippen molar-refractivity contribution in [1.29, 1.82) is 0 Å². The molecule has 0 bridgehead atoms. The van der Waals surface area contributed by atoms with Gasteiger partial charge in [-0.25, -0.2) is 4.39 Å². The molecule has 1 heterocycles. The van der Waals surface area contributed by atoms with E-state index in [9.17, 15) is 23.6 Å². The van der Waals surface area contributed by atoms with Gasteiger partial charge in [0.25, 0.3) is 11.8 Å². The number of carbonyl (C=O) groups excluding carboxylic acids is 4. The Hall–Kier alpha value is -4.07. The van der Waals surface area contributed by atoms with E-state index < -0.39 is 17.8 Å². The van der Waals surface area contributed by atoms with Gasteiger partial charge in [-0.05, 0) is 41.6 Å². The van der Waals surface area contributed by atoms with E-state index in [1.165, 1.54) is 31.4 Å². The van der Waals surface area contributed by atoms with E-state index in [0.717, 1.165) is 10.3 Å². The average Bonchev–Trinajstić information content (AvgIpc) is 2.84. The fourth-order valence-electron chi connectivity index (χ4n) is 4.15. The molecular formula is C26H23FN2O5. The van der Waals surface area contributed by atoms with Crippen LogP contribution in [0.4, 0.5) is 4.39 Å². The first-order valence-corrected chi connectivity index (χ1v) is 10.9. The summed E-state index contributed by atoms with van der Waals surface area (Å²) in [4.78, 5) is 51.5. The van der Waals surface area contributed by atoms with E-state index in [0.29, 0.717) is 22.1 Å². The molecule has 1 N–H and O–H groups in total. The monoisotopic (exact) mass is 462 g/mol. The van der Waals surface area contributed by atoms with Crippen LogP contribution in [0, 0.1) is 5.82 Å².